The number of halogens is 1. The van der Waals surface area contributed by atoms with Crippen LogP contribution in [0.5, 0.6) is 5.75 Å². The molecule has 0 radical (unpaired) electrons. The van der Waals surface area contributed by atoms with E-state index in [1.165, 1.54) is 5.56 Å². The van der Waals surface area contributed by atoms with Crippen molar-refractivity contribution in [3.8, 4) is 5.75 Å². The van der Waals surface area contributed by atoms with Crippen LogP contribution in [0.2, 0.25) is 0 Å². The van der Waals surface area contributed by atoms with E-state index in [2.05, 4.69) is 33.9 Å². The smallest absolute Gasteiger partial charge is 0.128 e. The first-order valence-corrected chi connectivity index (χ1v) is 5.91. The summed E-state index contributed by atoms with van der Waals surface area (Å²) in [6.45, 7) is 8.25. The maximum absolute atomic E-state index is 5.56. The molecule has 0 aliphatic heterocycles. The van der Waals surface area contributed by atoms with Gasteiger partial charge in [0.2, 0.25) is 0 Å². The lowest BCUT2D eigenvalue weighted by molar-refractivity contribution is -0.662. The van der Waals surface area contributed by atoms with Crippen molar-refractivity contribution in [2.24, 2.45) is 0 Å². The lowest BCUT2D eigenvalue weighted by atomic mass is 10.2. The summed E-state index contributed by atoms with van der Waals surface area (Å²) in [4.78, 5) is 0. The largest absolute Gasteiger partial charge is 0.493 e. The van der Waals surface area contributed by atoms with Crippen molar-refractivity contribution >= 4 is 15.9 Å². The average molecular weight is 271 g/mol. The predicted molar refractivity (Wildman–Crippen MR) is 66.0 cm³/mol. The molecule has 1 aromatic carbocycles. The number of benzene rings is 1. The van der Waals surface area contributed by atoms with Crippen LogP contribution in [0.4, 0.5) is 0 Å². The molecule has 3 heteroatoms. The van der Waals surface area contributed by atoms with Gasteiger partial charge in [0.25, 0.3) is 0 Å². The Bertz CT molecular complexity index is 325. The number of quaternary nitrogens is 1. The molecule has 0 bridgehead atoms. The lowest BCUT2D eigenvalue weighted by Gasteiger charge is -2.09. The van der Waals surface area contributed by atoms with Crippen LogP contribution in [0.3, 0.4) is 0 Å². The summed E-state index contributed by atoms with van der Waals surface area (Å²) in [7, 11) is 0. The SMILES string of the molecule is C=CC[NH2+]Cc1cc(Br)ccc1OCC. The van der Waals surface area contributed by atoms with Gasteiger partial charge < -0.3 is 10.1 Å². The zero-order valence-corrected chi connectivity index (χ0v) is 10.6. The van der Waals surface area contributed by atoms with Crippen LogP contribution in [0.15, 0.2) is 35.3 Å². The minimum Gasteiger partial charge on any atom is -0.493 e. The highest BCUT2D eigenvalue weighted by molar-refractivity contribution is 9.10. The molecule has 1 rings (SSSR count). The van der Waals surface area contributed by atoms with Crippen LogP contribution in [0.1, 0.15) is 12.5 Å². The van der Waals surface area contributed by atoms with Crippen LogP contribution in [-0.2, 0) is 6.54 Å². The fraction of sp³-hybridized carbons (Fsp3) is 0.333. The molecule has 0 atom stereocenters. The van der Waals surface area contributed by atoms with E-state index in [1.807, 2.05) is 25.1 Å². The Hall–Kier alpha value is -0.800. The molecule has 2 N–H and O–H groups in total. The van der Waals surface area contributed by atoms with E-state index in [4.69, 9.17) is 4.74 Å². The highest BCUT2D eigenvalue weighted by atomic mass is 79.9. The third-order valence-electron chi connectivity index (χ3n) is 2.02. The van der Waals surface area contributed by atoms with Crippen LogP contribution in [-0.4, -0.2) is 13.2 Å². The summed E-state index contributed by atoms with van der Waals surface area (Å²) >= 11 is 3.47. The van der Waals surface area contributed by atoms with E-state index < -0.39 is 0 Å². The van der Waals surface area contributed by atoms with E-state index in [0.717, 1.165) is 23.3 Å². The van der Waals surface area contributed by atoms with Crippen molar-refractivity contribution in [2.45, 2.75) is 13.5 Å². The van der Waals surface area contributed by atoms with Gasteiger partial charge in [-0.15, -0.1) is 0 Å². The highest BCUT2D eigenvalue weighted by Crippen LogP contribution is 2.22. The van der Waals surface area contributed by atoms with Crippen molar-refractivity contribution in [1.82, 2.24) is 0 Å². The third-order valence-corrected chi connectivity index (χ3v) is 2.51. The second-order valence-electron chi connectivity index (χ2n) is 3.20. The highest BCUT2D eigenvalue weighted by Gasteiger charge is 2.05. The fourth-order valence-electron chi connectivity index (χ4n) is 1.36. The average Bonchev–Trinajstić information content (AvgIpc) is 2.22. The van der Waals surface area contributed by atoms with E-state index in [0.29, 0.717) is 6.61 Å². The van der Waals surface area contributed by atoms with Gasteiger partial charge in [0.15, 0.2) is 0 Å². The van der Waals surface area contributed by atoms with Gasteiger partial charge in [-0.05, 0) is 31.2 Å². The Kier molecular flexibility index (Phi) is 5.43. The van der Waals surface area contributed by atoms with E-state index in [9.17, 15) is 0 Å². The molecule has 0 unspecified atom stereocenters. The molecule has 1 aromatic rings. The summed E-state index contributed by atoms with van der Waals surface area (Å²) in [5, 5.41) is 2.19. The second-order valence-corrected chi connectivity index (χ2v) is 4.12. The fourth-order valence-corrected chi connectivity index (χ4v) is 1.77. The molecule has 0 fully saturated rings. The number of hydrogen-bond acceptors (Lipinski definition) is 1. The van der Waals surface area contributed by atoms with Crippen LogP contribution in [0.25, 0.3) is 0 Å². The summed E-state index contributed by atoms with van der Waals surface area (Å²) in [5.74, 6) is 0.973. The Labute approximate surface area is 99.5 Å². The van der Waals surface area contributed by atoms with Crippen molar-refractivity contribution in [3.05, 3.63) is 40.9 Å². The Morgan fingerprint density at radius 2 is 2.33 bits per heavy atom. The van der Waals surface area contributed by atoms with Gasteiger partial charge in [0, 0.05) is 10.0 Å². The molecule has 0 spiro atoms. The number of hydrogen-bond donors (Lipinski definition) is 1. The van der Waals surface area contributed by atoms with Crippen LogP contribution < -0.4 is 10.1 Å². The zero-order valence-electron chi connectivity index (χ0n) is 9.00. The summed E-state index contributed by atoms with van der Waals surface area (Å²) in [6.07, 6.45) is 1.90. The second kappa shape index (κ2) is 6.64. The van der Waals surface area contributed by atoms with Gasteiger partial charge in [-0.25, -0.2) is 0 Å². The van der Waals surface area contributed by atoms with Crippen LogP contribution in [0, 0.1) is 0 Å². The Morgan fingerprint density at radius 1 is 1.53 bits per heavy atom. The molecule has 0 saturated heterocycles. The minimum atomic E-state index is 0.704. The third kappa shape index (κ3) is 4.06. The minimum absolute atomic E-state index is 0.704. The first-order chi connectivity index (χ1) is 7.27. The Balaban J connectivity index is 2.72. The summed E-state index contributed by atoms with van der Waals surface area (Å²) in [5.41, 5.74) is 1.22. The first kappa shape index (κ1) is 12.3. The standard InChI is InChI=1S/C12H16BrNO/c1-3-7-14-9-10-8-11(13)5-6-12(10)15-4-2/h3,5-6,8,14H,1,4,7,9H2,2H3/p+1. The van der Waals surface area contributed by atoms with Gasteiger partial charge in [0.1, 0.15) is 12.3 Å². The quantitative estimate of drug-likeness (QED) is 0.622. The normalized spacial score (nSPS) is 10.0. The van der Waals surface area contributed by atoms with Gasteiger partial charge >= 0.3 is 0 Å². The molecule has 0 aromatic heterocycles. The van der Waals surface area contributed by atoms with Crippen LogP contribution >= 0.6 is 15.9 Å². The molecule has 82 valence electrons. The lowest BCUT2D eigenvalue weighted by Crippen LogP contribution is -2.82. The van der Waals surface area contributed by atoms with Gasteiger partial charge in [0.05, 0.1) is 13.2 Å². The van der Waals surface area contributed by atoms with E-state index >= 15 is 0 Å². The molecule has 0 aliphatic carbocycles. The van der Waals surface area contributed by atoms with Crippen molar-refractivity contribution in [3.63, 3.8) is 0 Å². The molecule has 0 aliphatic rings. The molecular formula is C12H17BrNO+. The topological polar surface area (TPSA) is 25.8 Å². The summed E-state index contributed by atoms with van der Waals surface area (Å²) in [6, 6.07) is 6.11. The van der Waals surface area contributed by atoms with Gasteiger partial charge in [-0.1, -0.05) is 22.5 Å². The molecule has 0 amide bonds. The molecule has 15 heavy (non-hydrogen) atoms. The zero-order chi connectivity index (χ0) is 11.1. The van der Waals surface area contributed by atoms with E-state index in [-0.39, 0.29) is 0 Å². The number of rotatable bonds is 6. The molecular weight excluding hydrogens is 254 g/mol. The first-order valence-electron chi connectivity index (χ1n) is 5.11. The molecule has 2 nitrogen and oxygen atoms in total. The van der Waals surface area contributed by atoms with E-state index in [1.54, 1.807) is 0 Å². The van der Waals surface area contributed by atoms with Crippen molar-refractivity contribution in [2.75, 3.05) is 13.2 Å². The predicted octanol–water partition coefficient (Wildman–Crippen LogP) is 2.10. The maximum Gasteiger partial charge on any atom is 0.128 e. The Morgan fingerprint density at radius 3 is 3.00 bits per heavy atom. The molecule has 0 heterocycles. The molecule has 0 saturated carbocycles. The maximum atomic E-state index is 5.56. The van der Waals surface area contributed by atoms with Gasteiger partial charge in [-0.2, -0.15) is 0 Å². The monoisotopic (exact) mass is 270 g/mol. The van der Waals surface area contributed by atoms with Crippen molar-refractivity contribution in [1.29, 1.82) is 0 Å². The number of nitrogens with two attached hydrogens (primary N) is 1. The number of ether oxygens (including phenoxy) is 1. The van der Waals surface area contributed by atoms with Crippen molar-refractivity contribution < 1.29 is 10.1 Å². The van der Waals surface area contributed by atoms with Gasteiger partial charge in [-0.3, -0.25) is 0 Å². The summed E-state index contributed by atoms with van der Waals surface area (Å²) < 4.78 is 6.65.